The molecule has 4 rings (SSSR count). The van der Waals surface area contributed by atoms with Crippen molar-refractivity contribution in [3.05, 3.63) is 63.3 Å². The molecule has 0 spiro atoms. The smallest absolute Gasteiger partial charge is 0.353 e. The average molecular weight is 483 g/mol. The monoisotopic (exact) mass is 482 g/mol. The van der Waals surface area contributed by atoms with Crippen LogP contribution in [0.4, 0.5) is 19.0 Å². The maximum absolute atomic E-state index is 12.8. The molecule has 32 heavy (non-hydrogen) atoms. The lowest BCUT2D eigenvalue weighted by molar-refractivity contribution is -0.137. The summed E-state index contributed by atoms with van der Waals surface area (Å²) < 4.78 is 42.8. The molecule has 6 nitrogen and oxygen atoms in total. The molecule has 0 atom stereocenters. The SMILES string of the molecule is Cc1ccc(C)c(-n2cnn(CN3CCN(c4ncc(C(F)(F)F)cc4Cl)CC3)c2=S)c1. The number of aromatic nitrogens is 4. The summed E-state index contributed by atoms with van der Waals surface area (Å²) in [5.41, 5.74) is 2.42. The van der Waals surface area contributed by atoms with E-state index in [1.807, 2.05) is 23.3 Å². The van der Waals surface area contributed by atoms with E-state index in [1.165, 1.54) is 0 Å². The predicted octanol–water partition coefficient (Wildman–Crippen LogP) is 4.87. The van der Waals surface area contributed by atoms with Gasteiger partial charge in [-0.25, -0.2) is 9.67 Å². The number of anilines is 1. The summed E-state index contributed by atoms with van der Waals surface area (Å²) in [6.07, 6.45) is -1.91. The third kappa shape index (κ3) is 4.67. The van der Waals surface area contributed by atoms with Crippen molar-refractivity contribution in [2.24, 2.45) is 0 Å². The zero-order chi connectivity index (χ0) is 23.0. The van der Waals surface area contributed by atoms with Crippen molar-refractivity contribution < 1.29 is 13.2 Å². The summed E-state index contributed by atoms with van der Waals surface area (Å²) in [7, 11) is 0. The Labute approximate surface area is 193 Å². The van der Waals surface area contributed by atoms with E-state index in [-0.39, 0.29) is 5.02 Å². The molecule has 3 heterocycles. The van der Waals surface area contributed by atoms with E-state index in [0.29, 0.717) is 43.4 Å². The van der Waals surface area contributed by atoms with Gasteiger partial charge in [-0.2, -0.15) is 18.3 Å². The minimum absolute atomic E-state index is 0.00256. The summed E-state index contributed by atoms with van der Waals surface area (Å²) in [6.45, 7) is 7.13. The number of piperazine rings is 1. The predicted molar refractivity (Wildman–Crippen MR) is 120 cm³/mol. The number of pyridine rings is 1. The number of hydrogen-bond acceptors (Lipinski definition) is 5. The Balaban J connectivity index is 1.43. The second kappa shape index (κ2) is 8.84. The Morgan fingerprint density at radius 2 is 1.81 bits per heavy atom. The first kappa shape index (κ1) is 22.8. The Hall–Kier alpha value is -2.43. The number of rotatable bonds is 4. The molecule has 3 aromatic rings. The Bertz CT molecular complexity index is 1180. The van der Waals surface area contributed by atoms with Gasteiger partial charge in [0, 0.05) is 32.4 Å². The summed E-state index contributed by atoms with van der Waals surface area (Å²) in [6, 6.07) is 7.12. The van der Waals surface area contributed by atoms with Gasteiger partial charge in [0.05, 0.1) is 22.9 Å². The van der Waals surface area contributed by atoms with Gasteiger partial charge >= 0.3 is 6.18 Å². The fourth-order valence-corrected chi connectivity index (χ4v) is 4.22. The first-order chi connectivity index (χ1) is 15.1. The van der Waals surface area contributed by atoms with Crippen molar-refractivity contribution in [2.45, 2.75) is 26.7 Å². The van der Waals surface area contributed by atoms with Gasteiger partial charge in [-0.15, -0.1) is 0 Å². The molecule has 1 saturated heterocycles. The molecule has 0 aliphatic carbocycles. The molecule has 1 aliphatic heterocycles. The molecule has 1 fully saturated rings. The summed E-state index contributed by atoms with van der Waals surface area (Å²) in [5.74, 6) is 0.370. The minimum Gasteiger partial charge on any atom is -0.353 e. The second-order valence-electron chi connectivity index (χ2n) is 7.85. The maximum Gasteiger partial charge on any atom is 0.417 e. The fraction of sp³-hybridized carbons (Fsp3) is 0.381. The van der Waals surface area contributed by atoms with Crippen LogP contribution in [0.2, 0.25) is 5.02 Å². The van der Waals surface area contributed by atoms with E-state index >= 15 is 0 Å². The van der Waals surface area contributed by atoms with Crippen LogP contribution in [0.25, 0.3) is 5.69 Å². The van der Waals surface area contributed by atoms with Crippen LogP contribution in [0, 0.1) is 18.6 Å². The van der Waals surface area contributed by atoms with Gasteiger partial charge in [0.2, 0.25) is 4.77 Å². The van der Waals surface area contributed by atoms with Crippen molar-refractivity contribution in [3.8, 4) is 5.69 Å². The number of alkyl halides is 3. The molecule has 2 aromatic heterocycles. The summed E-state index contributed by atoms with van der Waals surface area (Å²) >= 11 is 11.7. The third-order valence-corrected chi connectivity index (χ3v) is 6.20. The molecule has 0 unspecified atom stereocenters. The Kier molecular flexibility index (Phi) is 6.28. The van der Waals surface area contributed by atoms with E-state index in [1.54, 1.807) is 11.0 Å². The highest BCUT2D eigenvalue weighted by Crippen LogP contribution is 2.33. The highest BCUT2D eigenvalue weighted by Gasteiger charge is 2.32. The van der Waals surface area contributed by atoms with Crippen LogP contribution in [0.3, 0.4) is 0 Å². The topological polar surface area (TPSA) is 42.1 Å². The largest absolute Gasteiger partial charge is 0.417 e. The Morgan fingerprint density at radius 1 is 1.09 bits per heavy atom. The third-order valence-electron chi connectivity index (χ3n) is 5.51. The molecule has 0 saturated carbocycles. The highest BCUT2D eigenvalue weighted by atomic mass is 35.5. The first-order valence-corrected chi connectivity index (χ1v) is 10.8. The van der Waals surface area contributed by atoms with Gasteiger partial charge in [0.25, 0.3) is 0 Å². The van der Waals surface area contributed by atoms with E-state index in [9.17, 15) is 13.2 Å². The second-order valence-corrected chi connectivity index (χ2v) is 8.62. The zero-order valence-electron chi connectivity index (χ0n) is 17.6. The molecule has 11 heteroatoms. The number of nitrogens with zero attached hydrogens (tertiary/aromatic N) is 6. The molecule has 0 amide bonds. The Morgan fingerprint density at radius 3 is 2.47 bits per heavy atom. The first-order valence-electron chi connectivity index (χ1n) is 10.1. The number of hydrogen-bond donors (Lipinski definition) is 0. The molecule has 170 valence electrons. The molecular weight excluding hydrogens is 461 g/mol. The van der Waals surface area contributed by atoms with E-state index in [0.717, 1.165) is 29.1 Å². The normalized spacial score (nSPS) is 15.4. The number of halogens is 4. The van der Waals surface area contributed by atoms with Crippen LogP contribution in [-0.2, 0) is 12.8 Å². The van der Waals surface area contributed by atoms with Crippen LogP contribution in [0.1, 0.15) is 16.7 Å². The lowest BCUT2D eigenvalue weighted by Crippen LogP contribution is -2.47. The van der Waals surface area contributed by atoms with Crippen molar-refractivity contribution >= 4 is 29.6 Å². The standard InChI is InChI=1S/C21H22ClF3N6S/c1-14-3-4-15(2)18(9-14)30-12-27-31(20(30)32)13-28-5-7-29(8-6-28)19-17(22)10-16(11-26-19)21(23,24)25/h3-4,9-12H,5-8,13H2,1-2H3. The van der Waals surface area contributed by atoms with Crippen LogP contribution < -0.4 is 4.90 Å². The van der Waals surface area contributed by atoms with Gasteiger partial charge in [-0.05, 0) is 49.3 Å². The zero-order valence-corrected chi connectivity index (χ0v) is 19.2. The molecule has 1 aromatic carbocycles. The summed E-state index contributed by atoms with van der Waals surface area (Å²) in [5, 5.41) is 4.46. The molecule has 0 bridgehead atoms. The van der Waals surface area contributed by atoms with Crippen LogP contribution >= 0.6 is 23.8 Å². The number of benzene rings is 1. The van der Waals surface area contributed by atoms with Gasteiger partial charge in [0.1, 0.15) is 12.1 Å². The van der Waals surface area contributed by atoms with Crippen molar-refractivity contribution in [2.75, 3.05) is 31.1 Å². The fourth-order valence-electron chi connectivity index (χ4n) is 3.69. The number of aryl methyl sites for hydroxylation is 2. The maximum atomic E-state index is 12.8. The van der Waals surface area contributed by atoms with Crippen molar-refractivity contribution in [1.29, 1.82) is 0 Å². The molecule has 0 N–H and O–H groups in total. The van der Waals surface area contributed by atoms with Crippen molar-refractivity contribution in [1.82, 2.24) is 24.2 Å². The van der Waals surface area contributed by atoms with E-state index in [2.05, 4.69) is 33.2 Å². The minimum atomic E-state index is -4.46. The van der Waals surface area contributed by atoms with E-state index in [4.69, 9.17) is 23.8 Å². The van der Waals surface area contributed by atoms with Crippen LogP contribution in [0.5, 0.6) is 0 Å². The lowest BCUT2D eigenvalue weighted by atomic mass is 10.1. The van der Waals surface area contributed by atoms with E-state index < -0.39 is 11.7 Å². The average Bonchev–Trinajstić information content (AvgIpc) is 3.10. The van der Waals surface area contributed by atoms with Gasteiger partial charge < -0.3 is 4.90 Å². The van der Waals surface area contributed by atoms with Gasteiger partial charge in [-0.1, -0.05) is 23.7 Å². The molecule has 1 aliphatic rings. The highest BCUT2D eigenvalue weighted by molar-refractivity contribution is 7.71. The van der Waals surface area contributed by atoms with Crippen LogP contribution in [0.15, 0.2) is 36.8 Å². The van der Waals surface area contributed by atoms with Gasteiger partial charge in [0.15, 0.2) is 0 Å². The molecular formula is C21H22ClF3N6S. The van der Waals surface area contributed by atoms with Crippen molar-refractivity contribution in [3.63, 3.8) is 0 Å². The molecule has 0 radical (unpaired) electrons. The van der Waals surface area contributed by atoms with Gasteiger partial charge in [-0.3, -0.25) is 9.47 Å². The lowest BCUT2D eigenvalue weighted by Gasteiger charge is -2.35. The quantitative estimate of drug-likeness (QED) is 0.496. The van der Waals surface area contributed by atoms with Crippen LogP contribution in [-0.4, -0.2) is 50.4 Å². The summed E-state index contributed by atoms with van der Waals surface area (Å²) in [4.78, 5) is 8.04.